The fourth-order valence-electron chi connectivity index (χ4n) is 1.77. The van der Waals surface area contributed by atoms with Crippen molar-refractivity contribution in [1.29, 1.82) is 0 Å². The Bertz CT molecular complexity index is 448. The van der Waals surface area contributed by atoms with Crippen LogP contribution in [0.15, 0.2) is 18.2 Å². The summed E-state index contributed by atoms with van der Waals surface area (Å²) in [5.74, 6) is -0.0148. The molecule has 0 fully saturated rings. The second-order valence-electron chi connectivity index (χ2n) is 5.15. The molecule has 0 saturated carbocycles. The van der Waals surface area contributed by atoms with E-state index >= 15 is 0 Å². The average molecular weight is 284 g/mol. The number of primary amides is 1. The van der Waals surface area contributed by atoms with Gasteiger partial charge in [0.05, 0.1) is 10.7 Å². The predicted molar refractivity (Wildman–Crippen MR) is 80.7 cm³/mol. The molecule has 0 aliphatic carbocycles. The molecule has 0 aromatic heterocycles. The molecule has 1 unspecified atom stereocenters. The third-order valence-corrected chi connectivity index (χ3v) is 3.60. The van der Waals surface area contributed by atoms with Gasteiger partial charge >= 0.3 is 0 Å². The number of anilines is 1. The van der Waals surface area contributed by atoms with Gasteiger partial charge in [-0.1, -0.05) is 25.4 Å². The minimum atomic E-state index is -0.474. The molecular formula is C14H22ClN3O. The predicted octanol–water partition coefficient (Wildman–Crippen LogP) is 2.25. The van der Waals surface area contributed by atoms with Crippen LogP contribution < -0.4 is 16.4 Å². The maximum Gasteiger partial charge on any atom is 0.248 e. The van der Waals surface area contributed by atoms with Crippen LogP contribution in [0.1, 0.15) is 30.6 Å². The third kappa shape index (κ3) is 4.40. The van der Waals surface area contributed by atoms with Gasteiger partial charge in [0.25, 0.3) is 0 Å². The molecule has 1 amide bonds. The maximum absolute atomic E-state index is 11.1. The second-order valence-corrected chi connectivity index (χ2v) is 5.56. The largest absolute Gasteiger partial charge is 0.373 e. The number of nitrogens with two attached hydrogens (primary N) is 2. The quantitative estimate of drug-likeness (QED) is 0.841. The summed E-state index contributed by atoms with van der Waals surface area (Å²) in [6.07, 6.45) is 0.891. The zero-order valence-corrected chi connectivity index (χ0v) is 12.4. The average Bonchev–Trinajstić information content (AvgIpc) is 2.34. The van der Waals surface area contributed by atoms with Crippen LogP contribution in [0, 0.1) is 5.92 Å². The molecule has 106 valence electrons. The van der Waals surface area contributed by atoms with E-state index < -0.39 is 5.91 Å². The first-order valence-electron chi connectivity index (χ1n) is 6.39. The van der Waals surface area contributed by atoms with Gasteiger partial charge in [0, 0.05) is 25.2 Å². The highest BCUT2D eigenvalue weighted by molar-refractivity contribution is 6.33. The molecule has 4 nitrogen and oxygen atoms in total. The van der Waals surface area contributed by atoms with Crippen molar-refractivity contribution in [3.05, 3.63) is 28.8 Å². The summed E-state index contributed by atoms with van der Waals surface area (Å²) in [4.78, 5) is 13.1. The SMILES string of the molecule is CC(C)C(N)CCN(C)c1ccc(C(N)=O)cc1Cl. The summed E-state index contributed by atoms with van der Waals surface area (Å²) < 4.78 is 0. The Morgan fingerprint density at radius 1 is 1.42 bits per heavy atom. The summed E-state index contributed by atoms with van der Waals surface area (Å²) in [6, 6.07) is 5.26. The summed E-state index contributed by atoms with van der Waals surface area (Å²) in [5.41, 5.74) is 12.5. The lowest BCUT2D eigenvalue weighted by atomic mass is 10.0. The topological polar surface area (TPSA) is 72.3 Å². The molecule has 5 heteroatoms. The van der Waals surface area contributed by atoms with E-state index in [1.165, 1.54) is 0 Å². The van der Waals surface area contributed by atoms with E-state index in [1.807, 2.05) is 18.0 Å². The lowest BCUT2D eigenvalue weighted by Gasteiger charge is -2.24. The molecule has 1 atom stereocenters. The Labute approximate surface area is 119 Å². The summed E-state index contributed by atoms with van der Waals surface area (Å²) in [7, 11) is 1.96. The van der Waals surface area contributed by atoms with Crippen LogP contribution in [-0.4, -0.2) is 25.5 Å². The highest BCUT2D eigenvalue weighted by atomic mass is 35.5. The minimum Gasteiger partial charge on any atom is -0.373 e. The van der Waals surface area contributed by atoms with Crippen molar-refractivity contribution in [3.63, 3.8) is 0 Å². The Morgan fingerprint density at radius 2 is 2.05 bits per heavy atom. The van der Waals surface area contributed by atoms with Crippen LogP contribution in [0.5, 0.6) is 0 Å². The fraction of sp³-hybridized carbons (Fsp3) is 0.500. The van der Waals surface area contributed by atoms with E-state index in [1.54, 1.807) is 12.1 Å². The lowest BCUT2D eigenvalue weighted by molar-refractivity contribution is 0.100. The van der Waals surface area contributed by atoms with Crippen molar-refractivity contribution in [2.75, 3.05) is 18.5 Å². The van der Waals surface area contributed by atoms with Crippen LogP contribution in [-0.2, 0) is 0 Å². The highest BCUT2D eigenvalue weighted by Gasteiger charge is 2.12. The number of halogens is 1. The smallest absolute Gasteiger partial charge is 0.248 e. The molecule has 0 heterocycles. The van der Waals surface area contributed by atoms with E-state index in [-0.39, 0.29) is 6.04 Å². The number of amides is 1. The van der Waals surface area contributed by atoms with Gasteiger partial charge in [0.15, 0.2) is 0 Å². The molecule has 19 heavy (non-hydrogen) atoms. The molecule has 4 N–H and O–H groups in total. The maximum atomic E-state index is 11.1. The molecule has 0 spiro atoms. The zero-order chi connectivity index (χ0) is 14.6. The van der Waals surface area contributed by atoms with E-state index in [9.17, 15) is 4.79 Å². The van der Waals surface area contributed by atoms with Gasteiger partial charge in [-0.3, -0.25) is 4.79 Å². The molecular weight excluding hydrogens is 262 g/mol. The number of carbonyl (C=O) groups is 1. The van der Waals surface area contributed by atoms with Crippen LogP contribution >= 0.6 is 11.6 Å². The normalized spacial score (nSPS) is 12.5. The molecule has 0 saturated heterocycles. The molecule has 0 bridgehead atoms. The third-order valence-electron chi connectivity index (χ3n) is 3.30. The molecule has 0 aliphatic heterocycles. The lowest BCUT2D eigenvalue weighted by Crippen LogP contribution is -2.31. The molecule has 0 radical (unpaired) electrons. The number of rotatable bonds is 6. The van der Waals surface area contributed by atoms with Gasteiger partial charge in [0.1, 0.15) is 0 Å². The zero-order valence-electron chi connectivity index (χ0n) is 11.7. The Balaban J connectivity index is 2.72. The Morgan fingerprint density at radius 3 is 2.53 bits per heavy atom. The standard InChI is InChI=1S/C14H22ClN3O/c1-9(2)12(16)6-7-18(3)13-5-4-10(14(17)19)8-11(13)15/h4-5,8-9,12H,6-7,16H2,1-3H3,(H2,17,19). The van der Waals surface area contributed by atoms with Crippen LogP contribution in [0.4, 0.5) is 5.69 Å². The first-order chi connectivity index (χ1) is 8.82. The van der Waals surface area contributed by atoms with Crippen LogP contribution in [0.2, 0.25) is 5.02 Å². The van der Waals surface area contributed by atoms with Crippen LogP contribution in [0.25, 0.3) is 0 Å². The van der Waals surface area contributed by atoms with E-state index in [2.05, 4.69) is 13.8 Å². The van der Waals surface area contributed by atoms with Gasteiger partial charge in [-0.05, 0) is 30.5 Å². The number of hydrogen-bond acceptors (Lipinski definition) is 3. The van der Waals surface area contributed by atoms with Crippen LogP contribution in [0.3, 0.4) is 0 Å². The molecule has 1 rings (SSSR count). The Kier molecular flexibility index (Phi) is 5.63. The second kappa shape index (κ2) is 6.78. The van der Waals surface area contributed by atoms with Gasteiger partial charge in [-0.15, -0.1) is 0 Å². The van der Waals surface area contributed by atoms with E-state index in [0.717, 1.165) is 18.7 Å². The molecule has 1 aromatic carbocycles. The molecule has 0 aliphatic rings. The van der Waals surface area contributed by atoms with Crippen molar-refractivity contribution in [2.24, 2.45) is 17.4 Å². The van der Waals surface area contributed by atoms with Gasteiger partial charge in [-0.25, -0.2) is 0 Å². The monoisotopic (exact) mass is 283 g/mol. The summed E-state index contributed by atoms with van der Waals surface area (Å²) in [6.45, 7) is 5.04. The van der Waals surface area contributed by atoms with Crippen molar-refractivity contribution >= 4 is 23.2 Å². The number of carbonyl (C=O) groups excluding carboxylic acids is 1. The minimum absolute atomic E-state index is 0.172. The Hall–Kier alpha value is -1.26. The van der Waals surface area contributed by atoms with Gasteiger partial charge in [-0.2, -0.15) is 0 Å². The first kappa shape index (κ1) is 15.8. The summed E-state index contributed by atoms with van der Waals surface area (Å²) in [5, 5.41) is 0.525. The van der Waals surface area contributed by atoms with E-state index in [0.29, 0.717) is 16.5 Å². The number of nitrogens with zero attached hydrogens (tertiary/aromatic N) is 1. The first-order valence-corrected chi connectivity index (χ1v) is 6.76. The fourth-order valence-corrected chi connectivity index (χ4v) is 2.09. The van der Waals surface area contributed by atoms with Crippen molar-refractivity contribution in [2.45, 2.75) is 26.3 Å². The summed E-state index contributed by atoms with van der Waals surface area (Å²) >= 11 is 6.17. The van der Waals surface area contributed by atoms with Crippen molar-refractivity contribution in [1.82, 2.24) is 0 Å². The van der Waals surface area contributed by atoms with Crippen molar-refractivity contribution in [3.8, 4) is 0 Å². The van der Waals surface area contributed by atoms with Crippen molar-refractivity contribution < 1.29 is 4.79 Å². The highest BCUT2D eigenvalue weighted by Crippen LogP contribution is 2.26. The van der Waals surface area contributed by atoms with Gasteiger partial charge < -0.3 is 16.4 Å². The molecule has 1 aromatic rings. The number of hydrogen-bond donors (Lipinski definition) is 2. The van der Waals surface area contributed by atoms with E-state index in [4.69, 9.17) is 23.1 Å². The number of benzene rings is 1. The van der Waals surface area contributed by atoms with Gasteiger partial charge in [0.2, 0.25) is 5.91 Å².